The van der Waals surface area contributed by atoms with Crippen molar-refractivity contribution in [2.75, 3.05) is 7.11 Å². The minimum Gasteiger partial charge on any atom is -0.598 e. The molecule has 1 aromatic carbocycles. The molecule has 2 atom stereocenters. The van der Waals surface area contributed by atoms with Gasteiger partial charge in [0, 0.05) is 21.4 Å². The minimum atomic E-state index is -3.22. The van der Waals surface area contributed by atoms with Crippen molar-refractivity contribution in [2.45, 2.75) is 43.9 Å². The summed E-state index contributed by atoms with van der Waals surface area (Å²) in [6, 6.07) is 3.47. The van der Waals surface area contributed by atoms with Crippen molar-refractivity contribution in [1.29, 1.82) is 0 Å². The van der Waals surface area contributed by atoms with Crippen molar-refractivity contribution in [2.24, 2.45) is 0 Å². The van der Waals surface area contributed by atoms with E-state index in [4.69, 9.17) is 0 Å². The quantitative estimate of drug-likeness (QED) is 0.553. The normalized spacial score (nSPS) is 15.9. The number of methoxy groups -OCH3 is 1. The molecule has 1 N–H and O–H groups in total. The zero-order chi connectivity index (χ0) is 18.7. The molecule has 0 fully saturated rings. The molecule has 24 heavy (non-hydrogen) atoms. The molecule has 0 aliphatic carbocycles. The van der Waals surface area contributed by atoms with Crippen LogP contribution in [0, 0.1) is 5.82 Å². The summed E-state index contributed by atoms with van der Waals surface area (Å²) >= 11 is 1.11. The van der Waals surface area contributed by atoms with Crippen molar-refractivity contribution in [1.82, 2.24) is 4.72 Å². The lowest BCUT2D eigenvalue weighted by atomic mass is 9.87. The van der Waals surface area contributed by atoms with Gasteiger partial charge in [-0.1, -0.05) is 15.9 Å². The van der Waals surface area contributed by atoms with Crippen LogP contribution in [0.4, 0.5) is 13.2 Å². The van der Waals surface area contributed by atoms with Gasteiger partial charge < -0.3 is 9.29 Å². The number of ether oxygens (including phenoxy) is 1. The lowest BCUT2D eigenvalue weighted by molar-refractivity contribution is -0.144. The average molecular weight is 430 g/mol. The second-order valence-corrected chi connectivity index (χ2v) is 9.01. The van der Waals surface area contributed by atoms with Crippen LogP contribution in [0.5, 0.6) is 0 Å². The largest absolute Gasteiger partial charge is 0.598 e. The highest BCUT2D eigenvalue weighted by Crippen LogP contribution is 2.37. The van der Waals surface area contributed by atoms with Crippen molar-refractivity contribution in [3.63, 3.8) is 0 Å². The summed E-state index contributed by atoms with van der Waals surface area (Å²) in [7, 11) is 1.04. The molecule has 4 nitrogen and oxygen atoms in total. The molecule has 0 aliphatic heterocycles. The second kappa shape index (κ2) is 8.07. The van der Waals surface area contributed by atoms with Crippen LogP contribution in [0.15, 0.2) is 22.7 Å². The van der Waals surface area contributed by atoms with E-state index < -0.39 is 51.8 Å². The number of nitrogens with one attached hydrogen (secondary N) is 1. The van der Waals surface area contributed by atoms with Crippen LogP contribution >= 0.6 is 15.9 Å². The van der Waals surface area contributed by atoms with E-state index in [1.165, 1.54) is 6.07 Å². The number of hydrogen-bond donors (Lipinski definition) is 1. The SMILES string of the molecule is COC(=O)C[C@](N[S+]([O-])C(C)(C)C)(c1cc(Br)ccc1F)C(F)F. The molecular formula is C15H19BrF3NO3S. The molecule has 0 aliphatic rings. The number of carbonyl (C=O) groups is 1. The summed E-state index contributed by atoms with van der Waals surface area (Å²) in [5.74, 6) is -1.92. The number of halogens is 4. The summed E-state index contributed by atoms with van der Waals surface area (Å²) in [5.41, 5.74) is -2.95. The fraction of sp³-hybridized carbons (Fsp3) is 0.533. The number of carbonyl (C=O) groups excluding carboxylic acids is 1. The van der Waals surface area contributed by atoms with Gasteiger partial charge in [0.25, 0.3) is 6.43 Å². The maximum atomic E-state index is 14.3. The molecule has 136 valence electrons. The Hall–Kier alpha value is -0.770. The predicted molar refractivity (Wildman–Crippen MR) is 89.4 cm³/mol. The number of alkyl halides is 2. The first-order valence-electron chi connectivity index (χ1n) is 6.94. The Kier molecular flexibility index (Phi) is 7.16. The second-order valence-electron chi connectivity index (χ2n) is 6.13. The lowest BCUT2D eigenvalue weighted by Gasteiger charge is -2.36. The fourth-order valence-electron chi connectivity index (χ4n) is 1.88. The smallest absolute Gasteiger partial charge is 0.308 e. The third kappa shape index (κ3) is 4.87. The molecule has 0 saturated heterocycles. The lowest BCUT2D eigenvalue weighted by Crippen LogP contribution is -2.56. The van der Waals surface area contributed by atoms with Crippen molar-refractivity contribution >= 4 is 33.3 Å². The molecule has 1 unspecified atom stereocenters. The van der Waals surface area contributed by atoms with Crippen LogP contribution in [0.2, 0.25) is 0 Å². The number of rotatable bonds is 6. The van der Waals surface area contributed by atoms with Gasteiger partial charge in [0.15, 0.2) is 5.54 Å². The highest BCUT2D eigenvalue weighted by molar-refractivity contribution is 9.10. The van der Waals surface area contributed by atoms with Crippen molar-refractivity contribution < 1.29 is 27.3 Å². The molecule has 1 rings (SSSR count). The Morgan fingerprint density at radius 3 is 2.46 bits per heavy atom. The summed E-state index contributed by atoms with van der Waals surface area (Å²) in [6.07, 6.45) is -4.09. The van der Waals surface area contributed by atoms with Crippen LogP contribution in [-0.4, -0.2) is 28.8 Å². The first-order chi connectivity index (χ1) is 10.9. The maximum absolute atomic E-state index is 14.3. The highest BCUT2D eigenvalue weighted by Gasteiger charge is 2.51. The molecule has 0 amide bonds. The highest BCUT2D eigenvalue weighted by atomic mass is 79.9. The molecular weight excluding hydrogens is 411 g/mol. The third-order valence-electron chi connectivity index (χ3n) is 3.26. The van der Waals surface area contributed by atoms with E-state index in [2.05, 4.69) is 25.4 Å². The average Bonchev–Trinajstić information content (AvgIpc) is 2.47. The molecule has 9 heteroatoms. The van der Waals surface area contributed by atoms with Gasteiger partial charge >= 0.3 is 5.97 Å². The van der Waals surface area contributed by atoms with Gasteiger partial charge in [-0.25, -0.2) is 13.2 Å². The standard InChI is InChI=1S/C15H19BrF3NO3S/c1-14(2,3)24(22)20-15(13(18)19,8-12(21)23-4)10-7-9(16)5-6-11(10)17/h5-7,13,20H,8H2,1-4H3/t15-,24?/m0/s1. The van der Waals surface area contributed by atoms with E-state index in [1.807, 2.05) is 0 Å². The van der Waals surface area contributed by atoms with Gasteiger partial charge in [0.1, 0.15) is 10.6 Å². The van der Waals surface area contributed by atoms with Gasteiger partial charge in [0.2, 0.25) is 0 Å². The van der Waals surface area contributed by atoms with Crippen LogP contribution in [0.3, 0.4) is 0 Å². The summed E-state index contributed by atoms with van der Waals surface area (Å²) in [4.78, 5) is 11.7. The fourth-order valence-corrected chi connectivity index (χ4v) is 3.15. The van der Waals surface area contributed by atoms with E-state index in [-0.39, 0.29) is 0 Å². The van der Waals surface area contributed by atoms with Crippen LogP contribution in [0.1, 0.15) is 32.8 Å². The summed E-state index contributed by atoms with van der Waals surface area (Å²) < 4.78 is 60.9. The van der Waals surface area contributed by atoms with Gasteiger partial charge in [-0.05, 0) is 39.0 Å². The Morgan fingerprint density at radius 1 is 1.42 bits per heavy atom. The summed E-state index contributed by atoms with van der Waals surface area (Å²) in [6.45, 7) is 4.71. The Labute approximate surface area is 150 Å². The van der Waals surface area contributed by atoms with Crippen LogP contribution in [0.25, 0.3) is 0 Å². The van der Waals surface area contributed by atoms with Gasteiger partial charge in [-0.3, -0.25) is 4.79 Å². The zero-order valence-corrected chi connectivity index (χ0v) is 16.1. The van der Waals surface area contributed by atoms with E-state index in [9.17, 15) is 22.5 Å². The van der Waals surface area contributed by atoms with Gasteiger partial charge in [-0.2, -0.15) is 0 Å². The molecule has 0 saturated carbocycles. The van der Waals surface area contributed by atoms with E-state index in [1.54, 1.807) is 20.8 Å². The minimum absolute atomic E-state index is 0.345. The Balaban J connectivity index is 3.52. The summed E-state index contributed by atoms with van der Waals surface area (Å²) in [5, 5.41) is 0. The monoisotopic (exact) mass is 429 g/mol. The Bertz CT molecular complexity index is 598. The molecule has 0 spiro atoms. The van der Waals surface area contributed by atoms with E-state index in [0.717, 1.165) is 19.2 Å². The number of benzene rings is 1. The zero-order valence-electron chi connectivity index (χ0n) is 13.7. The molecule has 1 aromatic rings. The molecule has 0 bridgehead atoms. The van der Waals surface area contributed by atoms with Crippen LogP contribution in [-0.2, 0) is 26.4 Å². The topological polar surface area (TPSA) is 61.4 Å². The maximum Gasteiger partial charge on any atom is 0.308 e. The first kappa shape index (κ1) is 21.3. The first-order valence-corrected chi connectivity index (χ1v) is 8.88. The molecule has 0 heterocycles. The number of esters is 1. The Morgan fingerprint density at radius 2 is 2.00 bits per heavy atom. The van der Waals surface area contributed by atoms with E-state index in [0.29, 0.717) is 4.47 Å². The van der Waals surface area contributed by atoms with Crippen molar-refractivity contribution in [3.05, 3.63) is 34.1 Å². The van der Waals surface area contributed by atoms with E-state index >= 15 is 0 Å². The molecule has 0 radical (unpaired) electrons. The third-order valence-corrected chi connectivity index (χ3v) is 5.42. The predicted octanol–water partition coefficient (Wildman–Crippen LogP) is 3.66. The molecule has 0 aromatic heterocycles. The number of hydrogen-bond acceptors (Lipinski definition) is 4. The van der Waals surface area contributed by atoms with Crippen molar-refractivity contribution in [3.8, 4) is 0 Å². The van der Waals surface area contributed by atoms with Gasteiger partial charge in [0.05, 0.1) is 13.5 Å². The van der Waals surface area contributed by atoms with Gasteiger partial charge in [-0.15, -0.1) is 4.72 Å². The van der Waals surface area contributed by atoms with Crippen LogP contribution < -0.4 is 4.72 Å².